The number of ether oxygens (including phenoxy) is 2. The molecule has 0 bridgehead atoms. The summed E-state index contributed by atoms with van der Waals surface area (Å²) in [5.41, 5.74) is 2.98. The molecular weight excluding hydrogens is 592 g/mol. The molecule has 0 saturated heterocycles. The van der Waals surface area contributed by atoms with Crippen LogP contribution in [-0.2, 0) is 9.47 Å². The van der Waals surface area contributed by atoms with Crippen LogP contribution in [0.4, 0.5) is 0 Å². The fourth-order valence-electron chi connectivity index (χ4n) is 13.3. The predicted octanol–water partition coefficient (Wildman–Crippen LogP) is 8.83. The molecule has 0 heterocycles. The number of hydrogen-bond acceptors (Lipinski definition) is 6. The second kappa shape index (κ2) is 15.4. The minimum absolute atomic E-state index is 0.182. The molecule has 0 aromatic rings. The number of nitrogens with one attached hydrogen (secondary N) is 2. The van der Waals surface area contributed by atoms with E-state index >= 15 is 0 Å². The lowest BCUT2D eigenvalue weighted by Crippen LogP contribution is -2.67. The SMILES string of the molecule is C=C(C)[C@@H]1CC[C@]2(COCCCNCCC#N)CC[C@]3(C)[C@H](CC[C@@H]4[C@@]5(C)CC[C@H](OCCCNCCC#N)C(C)(C)[C@@H]5CC[C@]43C)[C@@H]12. The minimum atomic E-state index is 0.182. The summed E-state index contributed by atoms with van der Waals surface area (Å²) in [5.74, 6) is 3.56. The number of rotatable bonds is 16. The second-order valence-corrected chi connectivity index (χ2v) is 18.3. The van der Waals surface area contributed by atoms with Crippen molar-refractivity contribution in [3.63, 3.8) is 0 Å². The molecule has 10 atom stereocenters. The summed E-state index contributed by atoms with van der Waals surface area (Å²) in [5, 5.41) is 24.3. The van der Waals surface area contributed by atoms with Crippen LogP contribution in [0, 0.1) is 79.3 Å². The first-order chi connectivity index (χ1) is 22.9. The van der Waals surface area contributed by atoms with Gasteiger partial charge in [-0.1, -0.05) is 46.8 Å². The summed E-state index contributed by atoms with van der Waals surface area (Å²) >= 11 is 0. The molecule has 5 saturated carbocycles. The van der Waals surface area contributed by atoms with E-state index in [1.807, 2.05) is 0 Å². The molecule has 5 aliphatic rings. The van der Waals surface area contributed by atoms with Gasteiger partial charge in [-0.25, -0.2) is 0 Å². The Kier molecular flexibility index (Phi) is 12.2. The summed E-state index contributed by atoms with van der Waals surface area (Å²) in [4.78, 5) is 0. The Hall–Kier alpha value is -1.44. The van der Waals surface area contributed by atoms with Gasteiger partial charge in [0.25, 0.3) is 0 Å². The van der Waals surface area contributed by atoms with E-state index in [0.717, 1.165) is 70.7 Å². The lowest BCUT2D eigenvalue weighted by Gasteiger charge is -2.73. The third kappa shape index (κ3) is 6.79. The Bertz CT molecular complexity index is 1190. The fraction of sp³-hybridized carbons (Fsp3) is 0.905. The average Bonchev–Trinajstić information content (AvgIpc) is 3.43. The standard InChI is InChI=1S/C42H70N4O2/c1-31(2)32-14-19-42(30-47-28-10-26-45-24-8-22-43)21-20-40(6)33(37(32)42)12-13-35-39(5)17-16-36(48-29-11-27-46-25-9-23-44)38(3,4)34(39)15-18-41(35,40)7/h32-37,45-46H,1,8-21,24-30H2,2-7H3/t32-,33+,34-,35+,36-,37+,39-,40+,41+,42+/m0/s1. The highest BCUT2D eigenvalue weighted by Gasteiger charge is 2.71. The summed E-state index contributed by atoms with van der Waals surface area (Å²) in [6.07, 6.45) is 16.7. The fourth-order valence-corrected chi connectivity index (χ4v) is 13.3. The maximum Gasteiger partial charge on any atom is 0.0635 e. The van der Waals surface area contributed by atoms with Gasteiger partial charge in [-0.05, 0) is 154 Å². The van der Waals surface area contributed by atoms with Gasteiger partial charge in [0.1, 0.15) is 0 Å². The van der Waals surface area contributed by atoms with Gasteiger partial charge in [-0.15, -0.1) is 0 Å². The molecule has 48 heavy (non-hydrogen) atoms. The van der Waals surface area contributed by atoms with Crippen LogP contribution in [0.1, 0.15) is 131 Å². The first-order valence-electron chi connectivity index (χ1n) is 19.9. The van der Waals surface area contributed by atoms with Gasteiger partial charge >= 0.3 is 0 Å². The normalized spacial score (nSPS) is 41.2. The van der Waals surface area contributed by atoms with E-state index in [1.54, 1.807) is 0 Å². The molecule has 0 aromatic carbocycles. The van der Waals surface area contributed by atoms with Crippen LogP contribution in [0.3, 0.4) is 0 Å². The lowest BCUT2D eigenvalue weighted by atomic mass is 9.32. The van der Waals surface area contributed by atoms with E-state index in [1.165, 1.54) is 69.8 Å². The van der Waals surface area contributed by atoms with Crippen LogP contribution in [0.15, 0.2) is 12.2 Å². The largest absolute Gasteiger partial charge is 0.381 e. The van der Waals surface area contributed by atoms with Crippen molar-refractivity contribution in [3.8, 4) is 12.1 Å². The highest BCUT2D eigenvalue weighted by atomic mass is 16.5. The van der Waals surface area contributed by atoms with Gasteiger partial charge in [-0.2, -0.15) is 10.5 Å². The van der Waals surface area contributed by atoms with Gasteiger partial charge in [-0.3, -0.25) is 0 Å². The maximum atomic E-state index is 8.80. The zero-order valence-electron chi connectivity index (χ0n) is 31.7. The van der Waals surface area contributed by atoms with Crippen LogP contribution >= 0.6 is 0 Å². The molecule has 6 nitrogen and oxygen atoms in total. The topological polar surface area (TPSA) is 90.1 Å². The summed E-state index contributed by atoms with van der Waals surface area (Å²) in [7, 11) is 0. The molecule has 5 rings (SSSR count). The molecule has 5 fully saturated rings. The molecule has 0 amide bonds. The van der Waals surface area contributed by atoms with Crippen LogP contribution in [0.25, 0.3) is 0 Å². The zero-order chi connectivity index (χ0) is 34.6. The van der Waals surface area contributed by atoms with Crippen molar-refractivity contribution in [2.75, 3.05) is 46.0 Å². The van der Waals surface area contributed by atoms with E-state index in [9.17, 15) is 0 Å². The summed E-state index contributed by atoms with van der Waals surface area (Å²) in [6, 6.07) is 4.43. The van der Waals surface area contributed by atoms with Crippen molar-refractivity contribution in [1.29, 1.82) is 10.5 Å². The molecule has 0 spiro atoms. The predicted molar refractivity (Wildman–Crippen MR) is 195 cm³/mol. The number of allylic oxidation sites excluding steroid dienone is 1. The van der Waals surface area contributed by atoms with E-state index in [2.05, 4.69) is 70.9 Å². The average molecular weight is 663 g/mol. The first kappa shape index (κ1) is 37.8. The van der Waals surface area contributed by atoms with E-state index in [-0.39, 0.29) is 5.41 Å². The van der Waals surface area contributed by atoms with Gasteiger partial charge in [0.15, 0.2) is 0 Å². The Labute approximate surface area is 294 Å². The van der Waals surface area contributed by atoms with E-state index in [4.69, 9.17) is 20.0 Å². The zero-order valence-corrected chi connectivity index (χ0v) is 31.7. The molecule has 0 unspecified atom stereocenters. The number of fused-ring (bicyclic) bond motifs is 7. The second-order valence-electron chi connectivity index (χ2n) is 18.3. The number of nitriles is 2. The van der Waals surface area contributed by atoms with Gasteiger partial charge in [0.05, 0.1) is 24.8 Å². The van der Waals surface area contributed by atoms with Gasteiger partial charge in [0, 0.05) is 39.1 Å². The van der Waals surface area contributed by atoms with Crippen molar-refractivity contribution in [3.05, 3.63) is 12.2 Å². The summed E-state index contributed by atoms with van der Waals surface area (Å²) in [6.45, 7) is 26.2. The molecule has 5 aliphatic carbocycles. The molecule has 6 heteroatoms. The number of nitrogens with zero attached hydrogens (tertiary/aromatic N) is 2. The van der Waals surface area contributed by atoms with Crippen molar-refractivity contribution >= 4 is 0 Å². The Morgan fingerprint density at radius 3 is 2.10 bits per heavy atom. The molecule has 2 N–H and O–H groups in total. The third-order valence-electron chi connectivity index (χ3n) is 15.9. The molecule has 0 radical (unpaired) electrons. The van der Waals surface area contributed by atoms with Crippen molar-refractivity contribution in [2.24, 2.45) is 56.7 Å². The molecule has 0 aromatic heterocycles. The maximum absolute atomic E-state index is 8.80. The molecule has 0 aliphatic heterocycles. The van der Waals surface area contributed by atoms with Gasteiger partial charge < -0.3 is 20.1 Å². The highest BCUT2D eigenvalue weighted by Crippen LogP contribution is 2.77. The van der Waals surface area contributed by atoms with Crippen molar-refractivity contribution in [2.45, 2.75) is 138 Å². The van der Waals surface area contributed by atoms with Gasteiger partial charge in [0.2, 0.25) is 0 Å². The van der Waals surface area contributed by atoms with Crippen LogP contribution < -0.4 is 10.6 Å². The highest BCUT2D eigenvalue weighted by molar-refractivity contribution is 5.21. The Morgan fingerprint density at radius 1 is 0.750 bits per heavy atom. The van der Waals surface area contributed by atoms with E-state index < -0.39 is 0 Å². The first-order valence-corrected chi connectivity index (χ1v) is 19.9. The summed E-state index contributed by atoms with van der Waals surface area (Å²) < 4.78 is 13.3. The molecule has 270 valence electrons. The van der Waals surface area contributed by atoms with Crippen LogP contribution in [0.2, 0.25) is 0 Å². The smallest absolute Gasteiger partial charge is 0.0635 e. The minimum Gasteiger partial charge on any atom is -0.381 e. The lowest BCUT2D eigenvalue weighted by molar-refractivity contribution is -0.253. The Balaban J connectivity index is 1.27. The third-order valence-corrected chi connectivity index (χ3v) is 15.9. The van der Waals surface area contributed by atoms with Crippen molar-refractivity contribution in [1.82, 2.24) is 10.6 Å². The molecular formula is C42H70N4O2. The van der Waals surface area contributed by atoms with E-state index in [0.29, 0.717) is 58.4 Å². The van der Waals surface area contributed by atoms with Crippen molar-refractivity contribution < 1.29 is 9.47 Å². The van der Waals surface area contributed by atoms with Crippen LogP contribution in [0.5, 0.6) is 0 Å². The quantitative estimate of drug-likeness (QED) is 0.127. The van der Waals surface area contributed by atoms with Crippen LogP contribution in [-0.4, -0.2) is 52.1 Å². The Morgan fingerprint density at radius 2 is 1.44 bits per heavy atom. The monoisotopic (exact) mass is 663 g/mol. The number of hydrogen-bond donors (Lipinski definition) is 2.